The van der Waals surface area contributed by atoms with Crippen LogP contribution in [-0.4, -0.2) is 19.8 Å². The maximum absolute atomic E-state index is 12.8. The van der Waals surface area contributed by atoms with Gasteiger partial charge in [0.1, 0.15) is 0 Å². The lowest BCUT2D eigenvalue weighted by Crippen LogP contribution is -2.12. The molecule has 19 heavy (non-hydrogen) atoms. The summed E-state index contributed by atoms with van der Waals surface area (Å²) in [4.78, 5) is 0. The molecule has 0 aliphatic heterocycles. The van der Waals surface area contributed by atoms with Crippen LogP contribution in [0.1, 0.15) is 24.5 Å². The van der Waals surface area contributed by atoms with Crippen LogP contribution in [-0.2, 0) is 22.3 Å². The molecule has 3 nitrogen and oxygen atoms in total. The first-order valence-electron chi connectivity index (χ1n) is 6.06. The Morgan fingerprint density at radius 1 is 1.11 bits per heavy atom. The van der Waals surface area contributed by atoms with Crippen LogP contribution in [0.3, 0.4) is 0 Å². The number of ether oxygens (including phenoxy) is 2. The van der Waals surface area contributed by atoms with E-state index in [1.165, 1.54) is 12.1 Å². The van der Waals surface area contributed by atoms with Gasteiger partial charge in [-0.1, -0.05) is 13.0 Å². The first-order chi connectivity index (χ1) is 8.95. The van der Waals surface area contributed by atoms with Crippen LogP contribution in [0.25, 0.3) is 0 Å². The standard InChI is InChI=1S/C13H18F3NO2/c1-2-5-18-6-7-19-9-10-3-4-11(17)8-12(10)13(14,15)16/h3-4,8H,2,5-7,9,17H2,1H3. The molecule has 108 valence electrons. The molecule has 1 rings (SSSR count). The average molecular weight is 277 g/mol. The summed E-state index contributed by atoms with van der Waals surface area (Å²) in [5.41, 5.74) is 4.79. The third-order valence-electron chi connectivity index (χ3n) is 2.42. The molecule has 0 aliphatic carbocycles. The van der Waals surface area contributed by atoms with Crippen molar-refractivity contribution in [1.29, 1.82) is 0 Å². The van der Waals surface area contributed by atoms with E-state index >= 15 is 0 Å². The van der Waals surface area contributed by atoms with Crippen molar-refractivity contribution in [3.8, 4) is 0 Å². The van der Waals surface area contributed by atoms with E-state index in [2.05, 4.69) is 0 Å². The Morgan fingerprint density at radius 2 is 1.79 bits per heavy atom. The number of nitrogen functional groups attached to an aromatic ring is 1. The zero-order valence-corrected chi connectivity index (χ0v) is 10.8. The van der Waals surface area contributed by atoms with E-state index in [0.29, 0.717) is 13.2 Å². The molecule has 0 aromatic heterocycles. The molecule has 0 aliphatic rings. The van der Waals surface area contributed by atoms with Gasteiger partial charge in [0.2, 0.25) is 0 Å². The minimum atomic E-state index is -4.42. The minimum absolute atomic E-state index is 0.0807. The van der Waals surface area contributed by atoms with Crippen molar-refractivity contribution in [2.45, 2.75) is 26.1 Å². The molecule has 0 fully saturated rings. The van der Waals surface area contributed by atoms with Crippen LogP contribution in [0.5, 0.6) is 0 Å². The van der Waals surface area contributed by atoms with Crippen LogP contribution in [0.15, 0.2) is 18.2 Å². The second-order valence-corrected chi connectivity index (χ2v) is 4.08. The van der Waals surface area contributed by atoms with Crippen LogP contribution >= 0.6 is 0 Å². The van der Waals surface area contributed by atoms with E-state index in [0.717, 1.165) is 12.5 Å². The quantitative estimate of drug-likeness (QED) is 0.614. The zero-order valence-electron chi connectivity index (χ0n) is 10.8. The van der Waals surface area contributed by atoms with Crippen molar-refractivity contribution >= 4 is 5.69 Å². The van der Waals surface area contributed by atoms with Crippen molar-refractivity contribution in [2.24, 2.45) is 0 Å². The van der Waals surface area contributed by atoms with Gasteiger partial charge in [0.15, 0.2) is 0 Å². The third kappa shape index (κ3) is 5.48. The number of halogens is 3. The summed E-state index contributed by atoms with van der Waals surface area (Å²) in [7, 11) is 0. The Labute approximate surface area is 110 Å². The number of nitrogens with two attached hydrogens (primary N) is 1. The highest BCUT2D eigenvalue weighted by Crippen LogP contribution is 2.33. The lowest BCUT2D eigenvalue weighted by atomic mass is 10.1. The van der Waals surface area contributed by atoms with Crippen LogP contribution in [0, 0.1) is 0 Å². The van der Waals surface area contributed by atoms with Crippen molar-refractivity contribution in [3.05, 3.63) is 29.3 Å². The fourth-order valence-corrected chi connectivity index (χ4v) is 1.53. The molecule has 0 atom stereocenters. The van der Waals surface area contributed by atoms with Gasteiger partial charge < -0.3 is 15.2 Å². The van der Waals surface area contributed by atoms with E-state index in [-0.39, 0.29) is 24.5 Å². The third-order valence-corrected chi connectivity index (χ3v) is 2.42. The highest BCUT2D eigenvalue weighted by Gasteiger charge is 2.33. The van der Waals surface area contributed by atoms with E-state index in [9.17, 15) is 13.2 Å². The minimum Gasteiger partial charge on any atom is -0.399 e. The van der Waals surface area contributed by atoms with Gasteiger partial charge in [-0.15, -0.1) is 0 Å². The van der Waals surface area contributed by atoms with Gasteiger partial charge in [0.05, 0.1) is 25.4 Å². The monoisotopic (exact) mass is 277 g/mol. The lowest BCUT2D eigenvalue weighted by molar-refractivity contribution is -0.138. The number of benzene rings is 1. The van der Waals surface area contributed by atoms with Crippen LogP contribution in [0.4, 0.5) is 18.9 Å². The van der Waals surface area contributed by atoms with Gasteiger partial charge in [-0.25, -0.2) is 0 Å². The van der Waals surface area contributed by atoms with Gasteiger partial charge in [-0.2, -0.15) is 13.2 Å². The molecule has 1 aromatic carbocycles. The molecular weight excluding hydrogens is 259 g/mol. The molecule has 1 aromatic rings. The van der Waals surface area contributed by atoms with Crippen molar-refractivity contribution < 1.29 is 22.6 Å². The number of anilines is 1. The van der Waals surface area contributed by atoms with Crippen LogP contribution < -0.4 is 5.73 Å². The summed E-state index contributed by atoms with van der Waals surface area (Å²) < 4.78 is 48.7. The number of hydrogen-bond acceptors (Lipinski definition) is 3. The Balaban J connectivity index is 2.54. The number of alkyl halides is 3. The summed E-state index contributed by atoms with van der Waals surface area (Å²) in [5, 5.41) is 0. The predicted octanol–water partition coefficient (Wildman–Crippen LogP) is 3.23. The molecule has 0 radical (unpaired) electrons. The maximum Gasteiger partial charge on any atom is 0.416 e. The summed E-state index contributed by atoms with van der Waals surface area (Å²) in [6.45, 7) is 3.14. The van der Waals surface area contributed by atoms with E-state index < -0.39 is 11.7 Å². The van der Waals surface area contributed by atoms with E-state index in [1.807, 2.05) is 6.92 Å². The number of rotatable bonds is 7. The van der Waals surface area contributed by atoms with Gasteiger partial charge >= 0.3 is 6.18 Å². The summed E-state index contributed by atoms with van der Waals surface area (Å²) in [5.74, 6) is 0. The molecule has 0 amide bonds. The van der Waals surface area contributed by atoms with Gasteiger partial charge in [-0.3, -0.25) is 0 Å². The molecule has 0 spiro atoms. The molecule has 0 saturated carbocycles. The summed E-state index contributed by atoms with van der Waals surface area (Å²) in [6.07, 6.45) is -3.52. The lowest BCUT2D eigenvalue weighted by Gasteiger charge is -2.13. The second-order valence-electron chi connectivity index (χ2n) is 4.08. The smallest absolute Gasteiger partial charge is 0.399 e. The Hall–Kier alpha value is -1.27. The molecule has 0 saturated heterocycles. The van der Waals surface area contributed by atoms with Gasteiger partial charge in [0, 0.05) is 12.3 Å². The Bertz CT molecular complexity index is 394. The molecular formula is C13H18F3NO2. The van der Waals surface area contributed by atoms with Gasteiger partial charge in [0.25, 0.3) is 0 Å². The van der Waals surface area contributed by atoms with Crippen LogP contribution in [0.2, 0.25) is 0 Å². The first-order valence-corrected chi connectivity index (χ1v) is 6.06. The van der Waals surface area contributed by atoms with Gasteiger partial charge in [-0.05, 0) is 24.1 Å². The Kier molecular flexibility index (Phi) is 6.11. The zero-order chi connectivity index (χ0) is 14.3. The molecule has 2 N–H and O–H groups in total. The normalized spacial score (nSPS) is 11.8. The fourth-order valence-electron chi connectivity index (χ4n) is 1.53. The summed E-state index contributed by atoms with van der Waals surface area (Å²) >= 11 is 0. The molecule has 0 bridgehead atoms. The maximum atomic E-state index is 12.8. The Morgan fingerprint density at radius 3 is 2.42 bits per heavy atom. The average Bonchev–Trinajstić information content (AvgIpc) is 2.34. The fraction of sp³-hybridized carbons (Fsp3) is 0.538. The highest BCUT2D eigenvalue weighted by molar-refractivity contribution is 5.45. The first kappa shape index (κ1) is 15.8. The molecule has 0 heterocycles. The van der Waals surface area contributed by atoms with E-state index in [4.69, 9.17) is 15.2 Å². The second kappa shape index (κ2) is 7.35. The highest BCUT2D eigenvalue weighted by atomic mass is 19.4. The number of hydrogen-bond donors (Lipinski definition) is 1. The largest absolute Gasteiger partial charge is 0.416 e. The SMILES string of the molecule is CCCOCCOCc1ccc(N)cc1C(F)(F)F. The van der Waals surface area contributed by atoms with Crippen molar-refractivity contribution in [1.82, 2.24) is 0 Å². The summed E-state index contributed by atoms with van der Waals surface area (Å²) in [6, 6.07) is 3.69. The van der Waals surface area contributed by atoms with Crippen molar-refractivity contribution in [2.75, 3.05) is 25.6 Å². The predicted molar refractivity (Wildman–Crippen MR) is 66.6 cm³/mol. The van der Waals surface area contributed by atoms with Crippen molar-refractivity contribution in [3.63, 3.8) is 0 Å². The van der Waals surface area contributed by atoms with E-state index in [1.54, 1.807) is 0 Å². The molecule has 6 heteroatoms. The topological polar surface area (TPSA) is 44.5 Å². The molecule has 0 unspecified atom stereocenters.